The summed E-state index contributed by atoms with van der Waals surface area (Å²) in [6.45, 7) is 2.13. The Kier molecular flexibility index (Phi) is 7.09. The van der Waals surface area contributed by atoms with Crippen LogP contribution in [-0.2, 0) is 6.42 Å². The number of nitrogens with two attached hydrogens (primary N) is 1. The minimum absolute atomic E-state index is 0. The van der Waals surface area contributed by atoms with E-state index in [0.29, 0.717) is 4.32 Å². The van der Waals surface area contributed by atoms with Crippen molar-refractivity contribution in [3.63, 3.8) is 0 Å². The molecule has 0 aliphatic heterocycles. The Morgan fingerprint density at radius 2 is 2.00 bits per heavy atom. The molecular formula is C9H12NNaS2. The number of thioether (sulfide) groups is 1. The third-order valence-electron chi connectivity index (χ3n) is 1.55. The van der Waals surface area contributed by atoms with Crippen molar-refractivity contribution in [3.05, 3.63) is 29.8 Å². The summed E-state index contributed by atoms with van der Waals surface area (Å²) in [5.41, 5.74) is 6.72. The van der Waals surface area contributed by atoms with Gasteiger partial charge >= 0.3 is 29.6 Å². The van der Waals surface area contributed by atoms with Crippen molar-refractivity contribution in [1.82, 2.24) is 0 Å². The van der Waals surface area contributed by atoms with Crippen LogP contribution in [0.15, 0.2) is 29.2 Å². The fraction of sp³-hybridized carbons (Fsp3) is 0.222. The Bertz CT molecular complexity index is 277. The predicted molar refractivity (Wildman–Crippen MR) is 59.6 cm³/mol. The molecule has 0 fully saturated rings. The van der Waals surface area contributed by atoms with Crippen LogP contribution in [0.4, 0.5) is 0 Å². The molecule has 0 amide bonds. The molecule has 0 radical (unpaired) electrons. The molecule has 0 unspecified atom stereocenters. The number of benzene rings is 1. The maximum atomic E-state index is 5.39. The maximum absolute atomic E-state index is 5.39. The van der Waals surface area contributed by atoms with E-state index in [1.54, 1.807) is 0 Å². The molecule has 0 aliphatic carbocycles. The van der Waals surface area contributed by atoms with Gasteiger partial charge in [0.05, 0.1) is 0 Å². The standard InChI is InChI=1S/C9H11NS2.Na.H/c1-2-7-3-5-8(6-4-7)12-9(10)11;;/h3-6H,2H2,1H3,(H2,10,11);;/q;+1;-1. The van der Waals surface area contributed by atoms with Crippen molar-refractivity contribution < 1.29 is 31.0 Å². The molecule has 2 N–H and O–H groups in total. The fourth-order valence-corrected chi connectivity index (χ4v) is 1.70. The van der Waals surface area contributed by atoms with Gasteiger partial charge in [0.1, 0.15) is 4.32 Å². The van der Waals surface area contributed by atoms with E-state index >= 15 is 0 Å². The summed E-state index contributed by atoms with van der Waals surface area (Å²) >= 11 is 6.21. The van der Waals surface area contributed by atoms with Crippen LogP contribution in [-0.4, -0.2) is 4.32 Å². The number of aryl methyl sites for hydroxylation is 1. The molecule has 0 aromatic heterocycles. The summed E-state index contributed by atoms with van der Waals surface area (Å²) in [6, 6.07) is 8.28. The molecule has 0 aliphatic rings. The van der Waals surface area contributed by atoms with Crippen LogP contribution in [0.2, 0.25) is 0 Å². The number of hydrogen-bond acceptors (Lipinski definition) is 2. The van der Waals surface area contributed by atoms with Crippen molar-refractivity contribution in [2.75, 3.05) is 0 Å². The Morgan fingerprint density at radius 3 is 2.38 bits per heavy atom. The van der Waals surface area contributed by atoms with Crippen LogP contribution in [0.5, 0.6) is 0 Å². The van der Waals surface area contributed by atoms with Gasteiger partial charge in [0.25, 0.3) is 0 Å². The third kappa shape index (κ3) is 5.03. The molecule has 1 rings (SSSR count). The van der Waals surface area contributed by atoms with E-state index < -0.39 is 0 Å². The van der Waals surface area contributed by atoms with E-state index in [-0.39, 0.29) is 31.0 Å². The second-order valence-corrected chi connectivity index (χ2v) is 4.23. The second kappa shape index (κ2) is 6.85. The molecule has 0 saturated heterocycles. The van der Waals surface area contributed by atoms with Crippen molar-refractivity contribution in [1.29, 1.82) is 0 Å². The van der Waals surface area contributed by atoms with E-state index in [4.69, 9.17) is 18.0 Å². The summed E-state index contributed by atoms with van der Waals surface area (Å²) in [7, 11) is 0. The van der Waals surface area contributed by atoms with Gasteiger partial charge < -0.3 is 7.16 Å². The van der Waals surface area contributed by atoms with Crippen LogP contribution in [0.25, 0.3) is 0 Å². The molecule has 0 saturated carbocycles. The van der Waals surface area contributed by atoms with Gasteiger partial charge in [0.15, 0.2) is 0 Å². The third-order valence-corrected chi connectivity index (χ3v) is 2.51. The van der Waals surface area contributed by atoms with Crippen molar-refractivity contribution in [2.24, 2.45) is 5.73 Å². The Morgan fingerprint density at radius 1 is 1.46 bits per heavy atom. The molecule has 66 valence electrons. The van der Waals surface area contributed by atoms with Gasteiger partial charge in [-0.1, -0.05) is 43.0 Å². The molecule has 0 bridgehead atoms. The minimum Gasteiger partial charge on any atom is -1.00 e. The van der Waals surface area contributed by atoms with E-state index in [2.05, 4.69) is 19.1 Å². The summed E-state index contributed by atoms with van der Waals surface area (Å²) in [5.74, 6) is 0. The molecular weight excluding hydrogens is 209 g/mol. The topological polar surface area (TPSA) is 26.0 Å². The van der Waals surface area contributed by atoms with Gasteiger partial charge in [-0.3, -0.25) is 0 Å². The largest absolute Gasteiger partial charge is 1.00 e. The molecule has 4 heteroatoms. The number of thiocarbonyl (C=S) groups is 1. The van der Waals surface area contributed by atoms with Gasteiger partial charge in [-0.15, -0.1) is 0 Å². The maximum Gasteiger partial charge on any atom is 1.00 e. The van der Waals surface area contributed by atoms with E-state index in [1.165, 1.54) is 17.3 Å². The predicted octanol–water partition coefficient (Wildman–Crippen LogP) is -0.299. The molecule has 1 aromatic carbocycles. The van der Waals surface area contributed by atoms with Gasteiger partial charge in [-0.25, -0.2) is 0 Å². The van der Waals surface area contributed by atoms with E-state index in [0.717, 1.165) is 11.3 Å². The van der Waals surface area contributed by atoms with Crippen molar-refractivity contribution >= 4 is 28.3 Å². The van der Waals surface area contributed by atoms with Crippen LogP contribution in [0.3, 0.4) is 0 Å². The van der Waals surface area contributed by atoms with Crippen molar-refractivity contribution in [3.8, 4) is 0 Å². The Hall–Kier alpha value is 0.460. The zero-order valence-electron chi connectivity index (χ0n) is 8.91. The first-order chi connectivity index (χ1) is 5.72. The summed E-state index contributed by atoms with van der Waals surface area (Å²) in [5, 5.41) is 0. The fourth-order valence-electron chi connectivity index (χ4n) is 0.909. The zero-order chi connectivity index (χ0) is 8.97. The van der Waals surface area contributed by atoms with Gasteiger partial charge in [0, 0.05) is 4.90 Å². The van der Waals surface area contributed by atoms with Crippen LogP contribution >= 0.6 is 24.0 Å². The van der Waals surface area contributed by atoms with E-state index in [1.807, 2.05) is 12.1 Å². The monoisotopic (exact) mass is 221 g/mol. The smallest absolute Gasteiger partial charge is 1.00 e. The summed E-state index contributed by atoms with van der Waals surface area (Å²) < 4.78 is 0.472. The Labute approximate surface area is 112 Å². The summed E-state index contributed by atoms with van der Waals surface area (Å²) in [6.07, 6.45) is 1.07. The average molecular weight is 221 g/mol. The number of rotatable bonds is 2. The Balaban J connectivity index is 0. The first-order valence-electron chi connectivity index (χ1n) is 3.78. The molecule has 13 heavy (non-hydrogen) atoms. The molecule has 1 nitrogen and oxygen atoms in total. The first kappa shape index (κ1) is 13.5. The van der Waals surface area contributed by atoms with E-state index in [9.17, 15) is 0 Å². The molecule has 0 atom stereocenters. The molecule has 0 heterocycles. The van der Waals surface area contributed by atoms with Crippen molar-refractivity contribution in [2.45, 2.75) is 18.2 Å². The SMILES string of the molecule is CCc1ccc(SC(N)=S)cc1.[H-].[Na+]. The zero-order valence-corrected chi connectivity index (χ0v) is 11.5. The van der Waals surface area contributed by atoms with Gasteiger partial charge in [0.2, 0.25) is 0 Å². The number of hydrogen-bond donors (Lipinski definition) is 1. The van der Waals surface area contributed by atoms with Gasteiger partial charge in [-0.2, -0.15) is 0 Å². The quantitative estimate of drug-likeness (QED) is 0.422. The summed E-state index contributed by atoms with van der Waals surface area (Å²) in [4.78, 5) is 1.11. The molecule has 1 aromatic rings. The van der Waals surface area contributed by atoms with Gasteiger partial charge in [-0.05, 0) is 24.1 Å². The minimum atomic E-state index is 0. The van der Waals surface area contributed by atoms with Crippen LogP contribution in [0, 0.1) is 0 Å². The average Bonchev–Trinajstić information content (AvgIpc) is 2.05. The van der Waals surface area contributed by atoms with Crippen LogP contribution in [0.1, 0.15) is 13.9 Å². The second-order valence-electron chi connectivity index (χ2n) is 2.42. The first-order valence-corrected chi connectivity index (χ1v) is 5.01. The van der Waals surface area contributed by atoms with Crippen LogP contribution < -0.4 is 35.3 Å². The molecule has 0 spiro atoms. The normalized spacial score (nSPS) is 9.00.